The first-order valence-electron chi connectivity index (χ1n) is 11.8. The molecular weight excluding hydrogens is 462 g/mol. The summed E-state index contributed by atoms with van der Waals surface area (Å²) in [7, 11) is 1.63. The van der Waals surface area contributed by atoms with Crippen molar-refractivity contribution in [2.45, 2.75) is 32.7 Å². The van der Waals surface area contributed by atoms with Gasteiger partial charge in [0, 0.05) is 40.5 Å². The summed E-state index contributed by atoms with van der Waals surface area (Å²) < 4.78 is 7.61. The number of ether oxygens (including phenoxy) is 1. The molecule has 1 fully saturated rings. The SMILES string of the molecule is COc1ccc(Cl)cc1-c1cn2c(-c3ccc(C(=O)NC4CC4)cc3)cnc2c(NCC(C)C)n1. The summed E-state index contributed by atoms with van der Waals surface area (Å²) in [6.45, 7) is 5.05. The largest absolute Gasteiger partial charge is 0.496 e. The van der Waals surface area contributed by atoms with Crippen LogP contribution in [0.25, 0.3) is 28.2 Å². The lowest BCUT2D eigenvalue weighted by molar-refractivity contribution is 0.0951. The highest BCUT2D eigenvalue weighted by Gasteiger charge is 2.24. The van der Waals surface area contributed by atoms with Gasteiger partial charge in [-0.05, 0) is 49.1 Å². The minimum atomic E-state index is -0.0306. The van der Waals surface area contributed by atoms with Gasteiger partial charge >= 0.3 is 0 Å². The average Bonchev–Trinajstić information content (AvgIpc) is 3.57. The van der Waals surface area contributed by atoms with E-state index < -0.39 is 0 Å². The molecule has 7 nitrogen and oxygen atoms in total. The number of halogens is 1. The smallest absolute Gasteiger partial charge is 0.251 e. The van der Waals surface area contributed by atoms with Crippen LogP contribution in [0.5, 0.6) is 5.75 Å². The Labute approximate surface area is 209 Å². The molecule has 2 heterocycles. The fourth-order valence-electron chi connectivity index (χ4n) is 3.92. The Morgan fingerprint density at radius 3 is 2.66 bits per heavy atom. The Bertz CT molecular complexity index is 1380. The molecule has 0 unspecified atom stereocenters. The van der Waals surface area contributed by atoms with Gasteiger partial charge in [0.2, 0.25) is 0 Å². The molecule has 2 N–H and O–H groups in total. The van der Waals surface area contributed by atoms with Gasteiger partial charge in [-0.1, -0.05) is 37.6 Å². The van der Waals surface area contributed by atoms with Crippen LogP contribution in [0.15, 0.2) is 54.9 Å². The molecule has 1 amide bonds. The third-order valence-electron chi connectivity index (χ3n) is 5.96. The van der Waals surface area contributed by atoms with Gasteiger partial charge in [-0.3, -0.25) is 9.20 Å². The number of benzene rings is 2. The zero-order chi connectivity index (χ0) is 24.5. The molecule has 0 atom stereocenters. The predicted molar refractivity (Wildman–Crippen MR) is 139 cm³/mol. The quantitative estimate of drug-likeness (QED) is 0.332. The van der Waals surface area contributed by atoms with Crippen LogP contribution in [-0.2, 0) is 0 Å². The molecular formula is C27H28ClN5O2. The predicted octanol–water partition coefficient (Wildman–Crippen LogP) is 5.69. The van der Waals surface area contributed by atoms with E-state index in [9.17, 15) is 4.79 Å². The van der Waals surface area contributed by atoms with Gasteiger partial charge < -0.3 is 15.4 Å². The van der Waals surface area contributed by atoms with Crippen molar-refractivity contribution in [1.82, 2.24) is 19.7 Å². The van der Waals surface area contributed by atoms with Crippen LogP contribution in [0, 0.1) is 5.92 Å². The molecule has 35 heavy (non-hydrogen) atoms. The van der Waals surface area contributed by atoms with E-state index in [-0.39, 0.29) is 5.91 Å². The minimum Gasteiger partial charge on any atom is -0.496 e. The van der Waals surface area contributed by atoms with E-state index in [0.717, 1.165) is 41.9 Å². The van der Waals surface area contributed by atoms with E-state index in [1.807, 2.05) is 53.2 Å². The van der Waals surface area contributed by atoms with Crippen LogP contribution in [0.4, 0.5) is 5.82 Å². The summed E-state index contributed by atoms with van der Waals surface area (Å²) in [5, 5.41) is 7.07. The molecule has 0 radical (unpaired) electrons. The maximum absolute atomic E-state index is 12.4. The number of carbonyl (C=O) groups is 1. The summed E-state index contributed by atoms with van der Waals surface area (Å²) >= 11 is 6.32. The van der Waals surface area contributed by atoms with Crippen molar-refractivity contribution in [2.24, 2.45) is 5.92 Å². The fourth-order valence-corrected chi connectivity index (χ4v) is 4.09. The average molecular weight is 490 g/mol. The highest BCUT2D eigenvalue weighted by molar-refractivity contribution is 6.31. The van der Waals surface area contributed by atoms with E-state index in [2.05, 4.69) is 29.5 Å². The lowest BCUT2D eigenvalue weighted by Crippen LogP contribution is -2.25. The third kappa shape index (κ3) is 4.95. The second-order valence-electron chi connectivity index (χ2n) is 9.26. The van der Waals surface area contributed by atoms with Crippen LogP contribution in [0.1, 0.15) is 37.0 Å². The summed E-state index contributed by atoms with van der Waals surface area (Å²) in [6, 6.07) is 13.4. The lowest BCUT2D eigenvalue weighted by atomic mass is 10.1. The normalized spacial score (nSPS) is 13.3. The van der Waals surface area contributed by atoms with Crippen molar-refractivity contribution in [2.75, 3.05) is 19.0 Å². The summed E-state index contributed by atoms with van der Waals surface area (Å²) in [4.78, 5) is 22.0. The maximum Gasteiger partial charge on any atom is 0.251 e. The van der Waals surface area contributed by atoms with Crippen LogP contribution in [-0.4, -0.2) is 40.0 Å². The number of aromatic nitrogens is 3. The standard InChI is InChI=1S/C27H28ClN5O2/c1-16(2)13-29-25-26-30-14-23(17-4-6-18(7-5-17)27(34)31-20-9-10-20)33(26)15-22(32-25)21-12-19(28)8-11-24(21)35-3/h4-8,11-12,14-16,20H,9-10,13H2,1-3H3,(H,29,32)(H,31,34). The van der Waals surface area contributed by atoms with Gasteiger partial charge in [0.15, 0.2) is 11.5 Å². The number of anilines is 1. The molecule has 1 aliphatic carbocycles. The molecule has 5 rings (SSSR count). The molecule has 8 heteroatoms. The molecule has 4 aromatic rings. The molecule has 0 bridgehead atoms. The molecule has 1 saturated carbocycles. The monoisotopic (exact) mass is 489 g/mol. The fraction of sp³-hybridized carbons (Fsp3) is 0.296. The molecule has 180 valence electrons. The van der Waals surface area contributed by atoms with Crippen molar-refractivity contribution < 1.29 is 9.53 Å². The van der Waals surface area contributed by atoms with E-state index in [1.165, 1.54) is 0 Å². The molecule has 2 aromatic heterocycles. The van der Waals surface area contributed by atoms with Crippen molar-refractivity contribution in [1.29, 1.82) is 0 Å². The number of nitrogens with zero attached hydrogens (tertiary/aromatic N) is 3. The van der Waals surface area contributed by atoms with Crippen LogP contribution < -0.4 is 15.4 Å². The van der Waals surface area contributed by atoms with Gasteiger partial charge in [0.25, 0.3) is 5.91 Å². The van der Waals surface area contributed by atoms with Crippen molar-refractivity contribution in [3.63, 3.8) is 0 Å². The van der Waals surface area contributed by atoms with E-state index in [1.54, 1.807) is 13.2 Å². The number of carbonyl (C=O) groups excluding carboxylic acids is 1. The number of fused-ring (bicyclic) bond motifs is 1. The van der Waals surface area contributed by atoms with Gasteiger partial charge in [0.1, 0.15) is 5.75 Å². The molecule has 0 spiro atoms. The van der Waals surface area contributed by atoms with Crippen molar-refractivity contribution >= 4 is 29.0 Å². The number of hydrogen-bond acceptors (Lipinski definition) is 5. The summed E-state index contributed by atoms with van der Waals surface area (Å²) in [5.74, 6) is 1.77. The Kier molecular flexibility index (Phi) is 6.34. The van der Waals surface area contributed by atoms with E-state index in [4.69, 9.17) is 21.3 Å². The molecule has 0 aliphatic heterocycles. The first-order chi connectivity index (χ1) is 16.9. The second kappa shape index (κ2) is 9.58. The van der Waals surface area contributed by atoms with Gasteiger partial charge in [-0.25, -0.2) is 9.97 Å². The van der Waals surface area contributed by atoms with E-state index in [0.29, 0.717) is 39.8 Å². The van der Waals surface area contributed by atoms with Gasteiger partial charge in [-0.2, -0.15) is 0 Å². The van der Waals surface area contributed by atoms with Crippen LogP contribution in [0.2, 0.25) is 5.02 Å². The van der Waals surface area contributed by atoms with Crippen LogP contribution in [0.3, 0.4) is 0 Å². The van der Waals surface area contributed by atoms with Crippen LogP contribution >= 0.6 is 11.6 Å². The number of methoxy groups -OCH3 is 1. The molecule has 2 aromatic carbocycles. The van der Waals surface area contributed by atoms with Gasteiger partial charge in [0.05, 0.1) is 24.7 Å². The number of amides is 1. The zero-order valence-electron chi connectivity index (χ0n) is 20.0. The third-order valence-corrected chi connectivity index (χ3v) is 6.20. The Morgan fingerprint density at radius 2 is 1.97 bits per heavy atom. The van der Waals surface area contributed by atoms with E-state index >= 15 is 0 Å². The number of rotatable bonds is 8. The Hall–Kier alpha value is -3.58. The lowest BCUT2D eigenvalue weighted by Gasteiger charge is -2.14. The zero-order valence-corrected chi connectivity index (χ0v) is 20.8. The highest BCUT2D eigenvalue weighted by Crippen LogP contribution is 2.34. The number of imidazole rings is 1. The minimum absolute atomic E-state index is 0.0306. The summed E-state index contributed by atoms with van der Waals surface area (Å²) in [6.07, 6.45) is 5.90. The Balaban J connectivity index is 1.59. The Morgan fingerprint density at radius 1 is 1.20 bits per heavy atom. The summed E-state index contributed by atoms with van der Waals surface area (Å²) in [5.41, 5.74) is 4.72. The van der Waals surface area contributed by atoms with Crippen molar-refractivity contribution in [3.8, 4) is 28.3 Å². The first-order valence-corrected chi connectivity index (χ1v) is 12.2. The van der Waals surface area contributed by atoms with Crippen molar-refractivity contribution in [3.05, 3.63) is 65.4 Å². The highest BCUT2D eigenvalue weighted by atomic mass is 35.5. The van der Waals surface area contributed by atoms with Gasteiger partial charge in [-0.15, -0.1) is 0 Å². The second-order valence-corrected chi connectivity index (χ2v) is 9.69. The topological polar surface area (TPSA) is 80.5 Å². The molecule has 1 aliphatic rings. The number of hydrogen-bond donors (Lipinski definition) is 2. The number of nitrogens with one attached hydrogen (secondary N) is 2. The molecule has 0 saturated heterocycles. The first kappa shape index (κ1) is 23.2. The maximum atomic E-state index is 12.4.